The minimum absolute atomic E-state index is 0.181. The Morgan fingerprint density at radius 3 is 3.00 bits per heavy atom. The Labute approximate surface area is 95.3 Å². The smallest absolute Gasteiger partial charge is 0.268 e. The van der Waals surface area contributed by atoms with Crippen LogP contribution in [0, 0.1) is 6.92 Å². The van der Waals surface area contributed by atoms with E-state index in [9.17, 15) is 9.59 Å². The minimum Gasteiger partial charge on any atom is -0.273 e. The predicted octanol–water partition coefficient (Wildman–Crippen LogP) is 1.45. The van der Waals surface area contributed by atoms with Gasteiger partial charge in [-0.2, -0.15) is 0 Å². The molecule has 80 valence electrons. The highest BCUT2D eigenvalue weighted by Gasteiger charge is 2.23. The first-order valence-corrected chi connectivity index (χ1v) is 5.85. The van der Waals surface area contributed by atoms with Gasteiger partial charge in [-0.3, -0.25) is 9.59 Å². The van der Waals surface area contributed by atoms with Crippen LogP contribution in [0.15, 0.2) is 28.2 Å². The van der Waals surface area contributed by atoms with Gasteiger partial charge in [0.25, 0.3) is 5.56 Å². The Bertz CT molecular complexity index is 675. The Balaban J connectivity index is 2.48. The molecular weight excluding hydrogens is 224 g/mol. The third-order valence-electron chi connectivity index (χ3n) is 2.57. The van der Waals surface area contributed by atoms with Crippen LogP contribution in [0.3, 0.4) is 0 Å². The molecule has 0 saturated carbocycles. The first kappa shape index (κ1) is 9.59. The van der Waals surface area contributed by atoms with Gasteiger partial charge in [-0.05, 0) is 24.6 Å². The van der Waals surface area contributed by atoms with Gasteiger partial charge < -0.3 is 0 Å². The average molecular weight is 232 g/mol. The van der Waals surface area contributed by atoms with Crippen molar-refractivity contribution in [1.29, 1.82) is 0 Å². The number of carbonyl (C=O) groups is 1. The van der Waals surface area contributed by atoms with E-state index in [0.29, 0.717) is 21.8 Å². The fourth-order valence-electron chi connectivity index (χ4n) is 1.78. The van der Waals surface area contributed by atoms with Gasteiger partial charge in [-0.1, -0.05) is 17.8 Å². The van der Waals surface area contributed by atoms with Crippen LogP contribution in [0.2, 0.25) is 0 Å². The number of carbonyl (C=O) groups excluding carboxylic acids is 1. The summed E-state index contributed by atoms with van der Waals surface area (Å²) in [6.45, 7) is 1.95. The van der Waals surface area contributed by atoms with Crippen molar-refractivity contribution in [3.63, 3.8) is 0 Å². The van der Waals surface area contributed by atoms with Crippen molar-refractivity contribution in [2.24, 2.45) is 0 Å². The Morgan fingerprint density at radius 2 is 2.19 bits per heavy atom. The van der Waals surface area contributed by atoms with Crippen LogP contribution in [-0.2, 0) is 0 Å². The van der Waals surface area contributed by atoms with Gasteiger partial charge >= 0.3 is 0 Å². The largest absolute Gasteiger partial charge is 0.273 e. The molecule has 2 aromatic rings. The molecule has 0 N–H and O–H groups in total. The van der Waals surface area contributed by atoms with Crippen molar-refractivity contribution in [3.8, 4) is 0 Å². The Morgan fingerprint density at radius 1 is 1.38 bits per heavy atom. The lowest BCUT2D eigenvalue weighted by atomic mass is 10.2. The molecule has 0 bridgehead atoms. The van der Waals surface area contributed by atoms with E-state index in [-0.39, 0.29) is 11.5 Å². The van der Waals surface area contributed by atoms with Gasteiger partial charge in [0.2, 0.25) is 5.91 Å². The number of rotatable bonds is 0. The molecule has 0 unspecified atom stereocenters. The summed E-state index contributed by atoms with van der Waals surface area (Å²) < 4.78 is 1.17. The van der Waals surface area contributed by atoms with E-state index in [2.05, 4.69) is 4.98 Å². The molecule has 0 atom stereocenters. The average Bonchev–Trinajstić information content (AvgIpc) is 2.60. The third-order valence-corrected chi connectivity index (χ3v) is 3.49. The van der Waals surface area contributed by atoms with Crippen molar-refractivity contribution in [1.82, 2.24) is 9.55 Å². The fraction of sp³-hybridized carbons (Fsp3) is 0.182. The third kappa shape index (κ3) is 1.21. The maximum Gasteiger partial charge on any atom is 0.268 e. The number of aryl methyl sites for hydroxylation is 1. The second-order valence-electron chi connectivity index (χ2n) is 3.74. The molecule has 0 amide bonds. The van der Waals surface area contributed by atoms with Crippen LogP contribution in [-0.4, -0.2) is 21.2 Å². The summed E-state index contributed by atoms with van der Waals surface area (Å²) in [7, 11) is 0. The minimum atomic E-state index is -0.255. The van der Waals surface area contributed by atoms with Gasteiger partial charge in [-0.15, -0.1) is 0 Å². The Kier molecular flexibility index (Phi) is 1.91. The number of benzene rings is 1. The molecule has 16 heavy (non-hydrogen) atoms. The van der Waals surface area contributed by atoms with Gasteiger partial charge in [-0.25, -0.2) is 9.55 Å². The molecule has 1 aliphatic rings. The van der Waals surface area contributed by atoms with Gasteiger partial charge in [0, 0.05) is 0 Å². The zero-order chi connectivity index (χ0) is 11.3. The molecule has 2 heterocycles. The van der Waals surface area contributed by atoms with Crippen molar-refractivity contribution in [2.75, 3.05) is 5.75 Å². The maximum absolute atomic E-state index is 12.0. The summed E-state index contributed by atoms with van der Waals surface area (Å²) in [5.41, 5.74) is 1.46. The molecule has 5 heteroatoms. The standard InChI is InChI=1S/C11H8N2O2S/c1-6-2-3-7-8(4-6)12-11-13(10(7)15)9(14)5-16-11/h2-4H,5H2,1H3. The molecule has 4 nitrogen and oxygen atoms in total. The topological polar surface area (TPSA) is 52.0 Å². The highest BCUT2D eigenvalue weighted by molar-refractivity contribution is 8.00. The number of nitrogens with zero attached hydrogens (tertiary/aromatic N) is 2. The number of thioether (sulfide) groups is 1. The van der Waals surface area contributed by atoms with E-state index in [4.69, 9.17) is 0 Å². The zero-order valence-corrected chi connectivity index (χ0v) is 9.37. The first-order valence-electron chi connectivity index (χ1n) is 4.86. The maximum atomic E-state index is 12.0. The van der Waals surface area contributed by atoms with Crippen molar-refractivity contribution < 1.29 is 4.79 Å². The monoisotopic (exact) mass is 232 g/mol. The summed E-state index contributed by atoms with van der Waals surface area (Å²) >= 11 is 1.31. The molecule has 0 spiro atoms. The zero-order valence-electron chi connectivity index (χ0n) is 8.56. The first-order chi connectivity index (χ1) is 7.66. The van der Waals surface area contributed by atoms with Gasteiger partial charge in [0.05, 0.1) is 16.7 Å². The van der Waals surface area contributed by atoms with Crippen LogP contribution < -0.4 is 5.56 Å². The van der Waals surface area contributed by atoms with Crippen molar-refractivity contribution in [2.45, 2.75) is 12.1 Å². The summed E-state index contributed by atoms with van der Waals surface area (Å²) in [5.74, 6) is 0.123. The van der Waals surface area contributed by atoms with E-state index >= 15 is 0 Å². The molecule has 3 rings (SSSR count). The summed E-state index contributed by atoms with van der Waals surface area (Å²) in [6.07, 6.45) is 0. The van der Waals surface area contributed by atoms with E-state index in [1.165, 1.54) is 16.3 Å². The summed E-state index contributed by atoms with van der Waals surface area (Å²) in [4.78, 5) is 27.9. The molecule has 1 aliphatic heterocycles. The molecular formula is C11H8N2O2S. The quantitative estimate of drug-likeness (QED) is 0.645. The second kappa shape index (κ2) is 3.18. The second-order valence-corrected chi connectivity index (χ2v) is 4.68. The molecule has 0 fully saturated rings. The summed E-state index contributed by atoms with van der Waals surface area (Å²) in [6, 6.07) is 5.44. The van der Waals surface area contributed by atoms with Crippen LogP contribution in [0.4, 0.5) is 0 Å². The lowest BCUT2D eigenvalue weighted by molar-refractivity contribution is 0.0934. The molecule has 0 aliphatic carbocycles. The summed E-state index contributed by atoms with van der Waals surface area (Å²) in [5, 5.41) is 1.01. The number of fused-ring (bicyclic) bond motifs is 2. The van der Waals surface area contributed by atoms with Crippen LogP contribution >= 0.6 is 11.8 Å². The van der Waals surface area contributed by atoms with E-state index in [1.807, 2.05) is 19.1 Å². The van der Waals surface area contributed by atoms with Crippen LogP contribution in [0.1, 0.15) is 10.4 Å². The van der Waals surface area contributed by atoms with Crippen LogP contribution in [0.5, 0.6) is 0 Å². The molecule has 1 aromatic heterocycles. The predicted molar refractivity (Wildman–Crippen MR) is 62.1 cm³/mol. The lowest BCUT2D eigenvalue weighted by Gasteiger charge is -2.03. The van der Waals surface area contributed by atoms with Gasteiger partial charge in [0.1, 0.15) is 0 Å². The number of hydrogen-bond acceptors (Lipinski definition) is 4. The molecule has 0 radical (unpaired) electrons. The fourth-order valence-corrected chi connectivity index (χ4v) is 2.64. The number of hydrogen-bond donors (Lipinski definition) is 0. The number of aromatic nitrogens is 2. The van der Waals surface area contributed by atoms with Crippen molar-refractivity contribution in [3.05, 3.63) is 34.1 Å². The van der Waals surface area contributed by atoms with E-state index < -0.39 is 0 Å². The van der Waals surface area contributed by atoms with Crippen LogP contribution in [0.25, 0.3) is 10.9 Å². The van der Waals surface area contributed by atoms with E-state index in [1.54, 1.807) is 6.07 Å². The van der Waals surface area contributed by atoms with Crippen molar-refractivity contribution >= 4 is 28.6 Å². The molecule has 0 saturated heterocycles. The van der Waals surface area contributed by atoms with Gasteiger partial charge in [0.15, 0.2) is 5.16 Å². The molecule has 1 aromatic carbocycles. The SMILES string of the molecule is Cc1ccc2c(=O)n3c(nc2c1)SCC3=O. The highest BCUT2D eigenvalue weighted by Crippen LogP contribution is 2.23. The lowest BCUT2D eigenvalue weighted by Crippen LogP contribution is -2.25. The Hall–Kier alpha value is -1.62. The van der Waals surface area contributed by atoms with E-state index in [0.717, 1.165) is 5.56 Å². The normalized spacial score (nSPS) is 14.4. The highest BCUT2D eigenvalue weighted by atomic mass is 32.2.